The molecule has 0 aromatic heterocycles. The highest BCUT2D eigenvalue weighted by atomic mass is 35.5. The number of anilines is 2. The van der Waals surface area contributed by atoms with Gasteiger partial charge >= 0.3 is 0 Å². The minimum absolute atomic E-state index is 0.641. The number of halogens is 2. The Bertz CT molecular complexity index is 503. The predicted molar refractivity (Wildman–Crippen MR) is 89.4 cm³/mol. The molecule has 0 aliphatic carbocycles. The van der Waals surface area contributed by atoms with Gasteiger partial charge in [0, 0.05) is 34.5 Å². The highest BCUT2D eigenvalue weighted by Gasteiger charge is 1.98. The van der Waals surface area contributed by atoms with Crippen LogP contribution in [-0.2, 0) is 0 Å². The molecule has 2 aromatic carbocycles. The Morgan fingerprint density at radius 2 is 1.15 bits per heavy atom. The molecule has 0 aliphatic heterocycles. The second kappa shape index (κ2) is 6.87. The van der Waals surface area contributed by atoms with Crippen LogP contribution >= 0.6 is 23.2 Å². The van der Waals surface area contributed by atoms with Crippen LogP contribution in [0.4, 0.5) is 11.4 Å². The van der Waals surface area contributed by atoms with Crippen LogP contribution in [0.2, 0.25) is 10.0 Å². The topological polar surface area (TPSA) is 24.1 Å². The van der Waals surface area contributed by atoms with Gasteiger partial charge in [0.1, 0.15) is 0 Å². The van der Waals surface area contributed by atoms with Gasteiger partial charge in [-0.25, -0.2) is 0 Å². The van der Waals surface area contributed by atoms with Crippen molar-refractivity contribution in [2.24, 2.45) is 0 Å². The van der Waals surface area contributed by atoms with Crippen LogP contribution in [0.3, 0.4) is 0 Å². The maximum Gasteiger partial charge on any atom is 0.0441 e. The third-order valence-corrected chi connectivity index (χ3v) is 3.30. The summed E-state index contributed by atoms with van der Waals surface area (Å²) in [5, 5.41) is 7.97. The number of hydrogen-bond acceptors (Lipinski definition) is 2. The van der Waals surface area contributed by atoms with Gasteiger partial charge in [-0.15, -0.1) is 0 Å². The third-order valence-electron chi connectivity index (χ3n) is 2.87. The number of hydrogen-bond donors (Lipinski definition) is 2. The molecule has 2 N–H and O–H groups in total. The fourth-order valence-corrected chi connectivity index (χ4v) is 2.67. The van der Waals surface area contributed by atoms with E-state index in [0.29, 0.717) is 10.0 Å². The molecule has 0 heterocycles. The summed E-state index contributed by atoms with van der Waals surface area (Å²) in [5.41, 5.74) is 4.61. The summed E-state index contributed by atoms with van der Waals surface area (Å²) in [7, 11) is 0. The van der Waals surface area contributed by atoms with Crippen molar-refractivity contribution in [1.29, 1.82) is 0 Å². The largest absolute Gasteiger partial charge is 0.383 e. The van der Waals surface area contributed by atoms with Gasteiger partial charge < -0.3 is 10.6 Å². The number of rotatable bonds is 5. The molecule has 2 nitrogen and oxygen atoms in total. The molecule has 0 radical (unpaired) electrons. The van der Waals surface area contributed by atoms with Gasteiger partial charge in [-0.3, -0.25) is 0 Å². The first kappa shape index (κ1) is 15.0. The molecule has 4 heteroatoms. The van der Waals surface area contributed by atoms with Gasteiger partial charge in [0.25, 0.3) is 0 Å². The van der Waals surface area contributed by atoms with Crippen molar-refractivity contribution in [2.45, 2.75) is 13.8 Å². The monoisotopic (exact) mass is 308 g/mol. The Hall–Kier alpha value is -1.38. The summed E-state index contributed by atoms with van der Waals surface area (Å²) in [5.74, 6) is 0. The van der Waals surface area contributed by atoms with Crippen LogP contribution in [0.25, 0.3) is 0 Å². The van der Waals surface area contributed by atoms with Gasteiger partial charge in [-0.2, -0.15) is 0 Å². The summed E-state index contributed by atoms with van der Waals surface area (Å²) in [6.45, 7) is 5.82. The molecule has 0 amide bonds. The van der Waals surface area contributed by atoms with Crippen molar-refractivity contribution in [3.8, 4) is 0 Å². The Morgan fingerprint density at radius 3 is 1.65 bits per heavy atom. The van der Waals surface area contributed by atoms with Crippen LogP contribution in [0.1, 0.15) is 11.1 Å². The average molecular weight is 309 g/mol. The van der Waals surface area contributed by atoms with Crippen molar-refractivity contribution in [3.05, 3.63) is 57.6 Å². The fourth-order valence-electron chi connectivity index (χ4n) is 2.15. The van der Waals surface area contributed by atoms with E-state index in [9.17, 15) is 0 Å². The second-order valence-electron chi connectivity index (χ2n) is 4.89. The molecule has 0 atom stereocenters. The normalized spacial score (nSPS) is 10.4. The smallest absolute Gasteiger partial charge is 0.0441 e. The molecule has 2 aromatic rings. The molecule has 0 unspecified atom stereocenters. The Labute approximate surface area is 130 Å². The van der Waals surface area contributed by atoms with Crippen molar-refractivity contribution in [2.75, 3.05) is 23.7 Å². The zero-order chi connectivity index (χ0) is 14.5. The van der Waals surface area contributed by atoms with Crippen LogP contribution in [-0.4, -0.2) is 13.1 Å². The van der Waals surface area contributed by atoms with Crippen molar-refractivity contribution >= 4 is 34.6 Å². The molecular formula is C16H18Cl2N2. The molecule has 0 aliphatic rings. The molecule has 0 bridgehead atoms. The van der Waals surface area contributed by atoms with Crippen LogP contribution in [0.15, 0.2) is 36.4 Å². The maximum absolute atomic E-state index is 5.95. The zero-order valence-electron chi connectivity index (χ0n) is 11.6. The van der Waals surface area contributed by atoms with Gasteiger partial charge in [-0.1, -0.05) is 29.3 Å². The Morgan fingerprint density at radius 1 is 0.700 bits per heavy atom. The van der Waals surface area contributed by atoms with Crippen LogP contribution in [0, 0.1) is 13.8 Å². The lowest BCUT2D eigenvalue weighted by atomic mass is 10.1. The van der Waals surface area contributed by atoms with E-state index < -0.39 is 0 Å². The molecule has 0 spiro atoms. The van der Waals surface area contributed by atoms with Gasteiger partial charge in [0.2, 0.25) is 0 Å². The van der Waals surface area contributed by atoms with Crippen molar-refractivity contribution in [1.82, 2.24) is 0 Å². The predicted octanol–water partition coefficient (Wildman–Crippen LogP) is 5.13. The lowest BCUT2D eigenvalue weighted by molar-refractivity contribution is 1.08. The minimum atomic E-state index is 0.641. The highest BCUT2D eigenvalue weighted by molar-refractivity contribution is 6.35. The summed E-state index contributed by atoms with van der Waals surface area (Å²) in [4.78, 5) is 0. The van der Waals surface area contributed by atoms with Gasteiger partial charge in [0.05, 0.1) is 0 Å². The quantitative estimate of drug-likeness (QED) is 0.748. The molecule has 2 rings (SSSR count). The lowest BCUT2D eigenvalue weighted by Gasteiger charge is -2.11. The summed E-state index contributed by atoms with van der Waals surface area (Å²) in [6.07, 6.45) is 0. The molecular weight excluding hydrogens is 291 g/mol. The standard InChI is InChI=1S/C16H18Cl2N2/c1-11-5-12(2)7-15(6-11)19-3-4-20-16-9-13(17)8-14(18)10-16/h5-10,19-20H,3-4H2,1-2H3. The Balaban J connectivity index is 1.84. The van der Waals surface area contributed by atoms with E-state index in [0.717, 1.165) is 24.5 Å². The van der Waals surface area contributed by atoms with Crippen LogP contribution < -0.4 is 10.6 Å². The average Bonchev–Trinajstić information content (AvgIpc) is 2.32. The minimum Gasteiger partial charge on any atom is -0.383 e. The van der Waals surface area contributed by atoms with E-state index in [1.165, 1.54) is 11.1 Å². The summed E-state index contributed by atoms with van der Waals surface area (Å²) in [6, 6.07) is 11.9. The number of nitrogens with one attached hydrogen (secondary N) is 2. The van der Waals surface area contributed by atoms with Crippen molar-refractivity contribution in [3.63, 3.8) is 0 Å². The highest BCUT2D eigenvalue weighted by Crippen LogP contribution is 2.22. The van der Waals surface area contributed by atoms with E-state index >= 15 is 0 Å². The number of aryl methyl sites for hydroxylation is 2. The lowest BCUT2D eigenvalue weighted by Crippen LogP contribution is -2.13. The van der Waals surface area contributed by atoms with E-state index in [1.807, 2.05) is 12.1 Å². The van der Waals surface area contributed by atoms with Crippen molar-refractivity contribution < 1.29 is 0 Å². The number of benzene rings is 2. The van der Waals surface area contributed by atoms with E-state index in [-0.39, 0.29) is 0 Å². The van der Waals surface area contributed by atoms with E-state index in [1.54, 1.807) is 6.07 Å². The second-order valence-corrected chi connectivity index (χ2v) is 5.76. The zero-order valence-corrected chi connectivity index (χ0v) is 13.1. The van der Waals surface area contributed by atoms with Gasteiger partial charge in [-0.05, 0) is 55.3 Å². The summed E-state index contributed by atoms with van der Waals surface area (Å²) >= 11 is 11.9. The van der Waals surface area contributed by atoms with Crippen LogP contribution in [0.5, 0.6) is 0 Å². The first-order valence-corrected chi connectivity index (χ1v) is 7.31. The molecule has 0 saturated heterocycles. The van der Waals surface area contributed by atoms with E-state index in [2.05, 4.69) is 42.7 Å². The fraction of sp³-hybridized carbons (Fsp3) is 0.250. The maximum atomic E-state index is 5.95. The first-order valence-electron chi connectivity index (χ1n) is 6.55. The molecule has 0 saturated carbocycles. The molecule has 106 valence electrons. The molecule has 20 heavy (non-hydrogen) atoms. The molecule has 0 fully saturated rings. The summed E-state index contributed by atoms with van der Waals surface area (Å²) < 4.78 is 0. The van der Waals surface area contributed by atoms with E-state index in [4.69, 9.17) is 23.2 Å². The van der Waals surface area contributed by atoms with Gasteiger partial charge in [0.15, 0.2) is 0 Å². The SMILES string of the molecule is Cc1cc(C)cc(NCCNc2cc(Cl)cc(Cl)c2)c1. The first-order chi connectivity index (χ1) is 9.52. The Kier molecular flexibility index (Phi) is 5.16. The third kappa shape index (κ3) is 4.62.